The second-order valence-corrected chi connectivity index (χ2v) is 3.91. The molecule has 0 fully saturated rings. The summed E-state index contributed by atoms with van der Waals surface area (Å²) in [5.74, 6) is 0.740. The largest absolute Gasteiger partial charge is 0.481 e. The molecule has 1 unspecified atom stereocenters. The molecule has 0 spiro atoms. The molecule has 6 heteroatoms. The van der Waals surface area contributed by atoms with Crippen molar-refractivity contribution in [2.24, 2.45) is 7.05 Å². The van der Waals surface area contributed by atoms with Crippen LogP contribution < -0.4 is 10.1 Å². The van der Waals surface area contributed by atoms with Gasteiger partial charge in [0.15, 0.2) is 0 Å². The number of hydrogen-bond acceptors (Lipinski definition) is 5. The summed E-state index contributed by atoms with van der Waals surface area (Å²) < 4.78 is 12.0. The van der Waals surface area contributed by atoms with Gasteiger partial charge >= 0.3 is 0 Å². The minimum Gasteiger partial charge on any atom is -0.481 e. The number of methoxy groups -OCH3 is 2. The lowest BCUT2D eigenvalue weighted by Gasteiger charge is -2.15. The molecule has 6 nitrogen and oxygen atoms in total. The van der Waals surface area contributed by atoms with Crippen LogP contribution in [0.4, 0.5) is 0 Å². The van der Waals surface area contributed by atoms with Gasteiger partial charge in [0.25, 0.3) is 0 Å². The summed E-state index contributed by atoms with van der Waals surface area (Å²) in [7, 11) is 5.08. The predicted molar refractivity (Wildman–Crippen MR) is 64.1 cm³/mol. The Balaban J connectivity index is 2.67. The van der Waals surface area contributed by atoms with Crippen LogP contribution in [0.2, 0.25) is 0 Å². The minimum atomic E-state index is -0.0793. The lowest BCUT2D eigenvalue weighted by atomic mass is 10.2. The number of aliphatic hydroxyl groups excluding tert-OH is 1. The highest BCUT2D eigenvalue weighted by atomic mass is 16.5. The van der Waals surface area contributed by atoms with Crippen molar-refractivity contribution in [3.8, 4) is 5.88 Å². The van der Waals surface area contributed by atoms with Gasteiger partial charge in [-0.1, -0.05) is 0 Å². The maximum atomic E-state index is 9.14. The van der Waals surface area contributed by atoms with E-state index in [1.165, 1.54) is 0 Å². The Bertz CT molecular complexity index is 352. The van der Waals surface area contributed by atoms with Crippen LogP contribution in [0, 0.1) is 6.92 Å². The minimum absolute atomic E-state index is 0.0372. The predicted octanol–water partition coefficient (Wildman–Crippen LogP) is -0.166. The molecular formula is C11H21N3O3. The molecule has 2 N–H and O–H groups in total. The monoisotopic (exact) mass is 243 g/mol. The Hall–Kier alpha value is -1.11. The van der Waals surface area contributed by atoms with Gasteiger partial charge in [-0.05, 0) is 6.92 Å². The van der Waals surface area contributed by atoms with E-state index in [0.29, 0.717) is 13.2 Å². The fraction of sp³-hybridized carbons (Fsp3) is 0.727. The van der Waals surface area contributed by atoms with Crippen LogP contribution in [0.3, 0.4) is 0 Å². The van der Waals surface area contributed by atoms with Crippen LogP contribution in [-0.4, -0.2) is 48.4 Å². The second-order valence-electron chi connectivity index (χ2n) is 3.91. The summed E-state index contributed by atoms with van der Waals surface area (Å²) in [6.45, 7) is 3.04. The Morgan fingerprint density at radius 1 is 1.47 bits per heavy atom. The van der Waals surface area contributed by atoms with E-state index >= 15 is 0 Å². The van der Waals surface area contributed by atoms with Crippen molar-refractivity contribution >= 4 is 0 Å². The number of rotatable bonds is 7. The van der Waals surface area contributed by atoms with Crippen LogP contribution >= 0.6 is 0 Å². The molecule has 0 saturated carbocycles. The Kier molecular flexibility index (Phi) is 5.40. The zero-order valence-electron chi connectivity index (χ0n) is 10.9. The number of aromatic nitrogens is 2. The van der Waals surface area contributed by atoms with E-state index in [2.05, 4.69) is 10.4 Å². The van der Waals surface area contributed by atoms with E-state index in [1.807, 2.05) is 14.0 Å². The topological polar surface area (TPSA) is 68.5 Å². The third kappa shape index (κ3) is 3.42. The lowest BCUT2D eigenvalue weighted by Crippen LogP contribution is -2.36. The van der Waals surface area contributed by atoms with Crippen molar-refractivity contribution in [2.45, 2.75) is 19.5 Å². The zero-order valence-corrected chi connectivity index (χ0v) is 10.9. The molecule has 98 valence electrons. The van der Waals surface area contributed by atoms with E-state index in [1.54, 1.807) is 18.9 Å². The molecule has 17 heavy (non-hydrogen) atoms. The van der Waals surface area contributed by atoms with Crippen LogP contribution in [0.5, 0.6) is 5.88 Å². The third-order valence-electron chi connectivity index (χ3n) is 2.64. The molecule has 1 heterocycles. The van der Waals surface area contributed by atoms with E-state index < -0.39 is 0 Å². The fourth-order valence-electron chi connectivity index (χ4n) is 1.76. The van der Waals surface area contributed by atoms with E-state index in [9.17, 15) is 0 Å². The third-order valence-corrected chi connectivity index (χ3v) is 2.64. The van der Waals surface area contributed by atoms with E-state index in [4.69, 9.17) is 14.6 Å². The molecule has 0 aliphatic rings. The molecule has 0 aliphatic heterocycles. The van der Waals surface area contributed by atoms with Gasteiger partial charge in [0, 0.05) is 20.7 Å². The molecule has 0 aromatic carbocycles. The first kappa shape index (κ1) is 14.0. The number of aryl methyl sites for hydroxylation is 2. The van der Waals surface area contributed by atoms with Gasteiger partial charge in [-0.3, -0.25) is 0 Å². The van der Waals surface area contributed by atoms with Crippen LogP contribution in [0.15, 0.2) is 0 Å². The SMILES string of the molecule is COCC(CO)NCc1c(C)nn(C)c1OC. The molecule has 1 aromatic rings. The molecule has 0 aliphatic carbocycles. The standard InChI is InChI=1S/C11H21N3O3/c1-8-10(11(17-4)14(2)13-8)5-12-9(6-15)7-16-3/h9,12,15H,5-7H2,1-4H3. The highest BCUT2D eigenvalue weighted by Crippen LogP contribution is 2.20. The molecular weight excluding hydrogens is 222 g/mol. The molecule has 0 radical (unpaired) electrons. The van der Waals surface area contributed by atoms with Crippen molar-refractivity contribution in [1.29, 1.82) is 0 Å². The van der Waals surface area contributed by atoms with Gasteiger partial charge < -0.3 is 19.9 Å². The summed E-state index contributed by atoms with van der Waals surface area (Å²) in [6.07, 6.45) is 0. The number of nitrogens with one attached hydrogen (secondary N) is 1. The smallest absolute Gasteiger partial charge is 0.216 e. The quantitative estimate of drug-likeness (QED) is 0.696. The molecule has 1 rings (SSSR count). The van der Waals surface area contributed by atoms with Crippen LogP contribution in [0.1, 0.15) is 11.3 Å². The Morgan fingerprint density at radius 3 is 2.71 bits per heavy atom. The summed E-state index contributed by atoms with van der Waals surface area (Å²) in [4.78, 5) is 0. The summed E-state index contributed by atoms with van der Waals surface area (Å²) in [5.41, 5.74) is 1.93. The van der Waals surface area contributed by atoms with Crippen LogP contribution in [-0.2, 0) is 18.3 Å². The molecule has 0 amide bonds. The Labute approximate surface area is 102 Å². The van der Waals surface area contributed by atoms with Crippen molar-refractivity contribution in [1.82, 2.24) is 15.1 Å². The van der Waals surface area contributed by atoms with Gasteiger partial charge in [0.1, 0.15) is 0 Å². The molecule has 1 atom stereocenters. The van der Waals surface area contributed by atoms with Crippen molar-refractivity contribution < 1.29 is 14.6 Å². The van der Waals surface area contributed by atoms with E-state index in [0.717, 1.165) is 17.1 Å². The van der Waals surface area contributed by atoms with Gasteiger partial charge in [-0.15, -0.1) is 0 Å². The number of aliphatic hydroxyl groups is 1. The van der Waals surface area contributed by atoms with E-state index in [-0.39, 0.29) is 12.6 Å². The van der Waals surface area contributed by atoms with Crippen molar-refractivity contribution in [3.05, 3.63) is 11.3 Å². The first-order valence-electron chi connectivity index (χ1n) is 5.53. The Morgan fingerprint density at radius 2 is 2.18 bits per heavy atom. The summed E-state index contributed by atoms with van der Waals surface area (Å²) >= 11 is 0. The number of nitrogens with zero attached hydrogens (tertiary/aromatic N) is 2. The fourth-order valence-corrected chi connectivity index (χ4v) is 1.76. The molecule has 1 aromatic heterocycles. The molecule has 0 bridgehead atoms. The number of hydrogen-bond donors (Lipinski definition) is 2. The lowest BCUT2D eigenvalue weighted by molar-refractivity contribution is 0.128. The van der Waals surface area contributed by atoms with Gasteiger partial charge in [0.2, 0.25) is 5.88 Å². The average Bonchev–Trinajstić information content (AvgIpc) is 2.58. The summed E-state index contributed by atoms with van der Waals surface area (Å²) in [5, 5.41) is 16.6. The normalized spacial score (nSPS) is 12.8. The van der Waals surface area contributed by atoms with Crippen LogP contribution in [0.25, 0.3) is 0 Å². The summed E-state index contributed by atoms with van der Waals surface area (Å²) in [6, 6.07) is -0.0793. The van der Waals surface area contributed by atoms with Crippen molar-refractivity contribution in [3.63, 3.8) is 0 Å². The van der Waals surface area contributed by atoms with Crippen molar-refractivity contribution in [2.75, 3.05) is 27.4 Å². The molecule has 0 saturated heterocycles. The maximum Gasteiger partial charge on any atom is 0.216 e. The highest BCUT2D eigenvalue weighted by Gasteiger charge is 2.15. The first-order chi connectivity index (χ1) is 8.13. The second kappa shape index (κ2) is 6.58. The highest BCUT2D eigenvalue weighted by molar-refractivity contribution is 5.30. The van der Waals surface area contributed by atoms with Gasteiger partial charge in [-0.25, -0.2) is 4.68 Å². The maximum absolute atomic E-state index is 9.14. The average molecular weight is 243 g/mol. The first-order valence-corrected chi connectivity index (χ1v) is 5.53. The van der Waals surface area contributed by atoms with Gasteiger partial charge in [-0.2, -0.15) is 5.10 Å². The number of ether oxygens (including phenoxy) is 2. The zero-order chi connectivity index (χ0) is 12.8. The van der Waals surface area contributed by atoms with Gasteiger partial charge in [0.05, 0.1) is 37.6 Å².